The Morgan fingerprint density at radius 1 is 0.792 bits per heavy atom. The zero-order valence-electron chi connectivity index (χ0n) is 12.7. The number of hydrogen-bond acceptors (Lipinski definition) is 3. The molecular formula is C19H14N4S. The van der Waals surface area contributed by atoms with Crippen LogP contribution in [-0.2, 0) is 0 Å². The number of aromatic nitrogens is 2. The number of hydrogen-bond donors (Lipinski definition) is 2. The van der Waals surface area contributed by atoms with E-state index in [1.165, 1.54) is 0 Å². The molecule has 0 spiro atoms. The second kappa shape index (κ2) is 6.22. The SMILES string of the molecule is S=C(Nc1ccccc1)Nc1cc2cccnc2c2ncccc12. The lowest BCUT2D eigenvalue weighted by Gasteiger charge is -2.13. The zero-order chi connectivity index (χ0) is 16.4. The summed E-state index contributed by atoms with van der Waals surface area (Å²) in [4.78, 5) is 8.95. The molecule has 2 heterocycles. The predicted octanol–water partition coefficient (Wildman–Crippen LogP) is 4.59. The first-order valence-corrected chi connectivity index (χ1v) is 7.97. The van der Waals surface area contributed by atoms with E-state index in [1.807, 2.05) is 60.7 Å². The van der Waals surface area contributed by atoms with E-state index in [4.69, 9.17) is 12.2 Å². The molecule has 0 aliphatic heterocycles. The van der Waals surface area contributed by atoms with E-state index in [0.29, 0.717) is 5.11 Å². The van der Waals surface area contributed by atoms with Gasteiger partial charge in [0.2, 0.25) is 0 Å². The van der Waals surface area contributed by atoms with Crippen LogP contribution in [0.3, 0.4) is 0 Å². The van der Waals surface area contributed by atoms with E-state index in [0.717, 1.165) is 33.2 Å². The number of benzene rings is 2. The maximum atomic E-state index is 5.45. The number of pyridine rings is 2. The van der Waals surface area contributed by atoms with Crippen molar-refractivity contribution in [3.63, 3.8) is 0 Å². The quantitative estimate of drug-likeness (QED) is 0.416. The average Bonchev–Trinajstić information content (AvgIpc) is 2.63. The smallest absolute Gasteiger partial charge is 0.175 e. The number of fused-ring (bicyclic) bond motifs is 3. The normalized spacial score (nSPS) is 10.7. The minimum absolute atomic E-state index is 0.537. The van der Waals surface area contributed by atoms with Crippen LogP contribution in [0.15, 0.2) is 73.1 Å². The van der Waals surface area contributed by atoms with Crippen molar-refractivity contribution in [1.82, 2.24) is 9.97 Å². The fourth-order valence-corrected chi connectivity index (χ4v) is 2.91. The van der Waals surface area contributed by atoms with Gasteiger partial charge in [-0.2, -0.15) is 0 Å². The van der Waals surface area contributed by atoms with Gasteiger partial charge in [-0.25, -0.2) is 0 Å². The minimum atomic E-state index is 0.537. The van der Waals surface area contributed by atoms with Crippen LogP contribution in [0.4, 0.5) is 11.4 Å². The average molecular weight is 330 g/mol. The van der Waals surface area contributed by atoms with E-state index in [1.54, 1.807) is 12.4 Å². The number of anilines is 2. The summed E-state index contributed by atoms with van der Waals surface area (Å²) in [7, 11) is 0. The number of nitrogens with one attached hydrogen (secondary N) is 2. The maximum absolute atomic E-state index is 5.45. The van der Waals surface area contributed by atoms with E-state index < -0.39 is 0 Å². The Balaban J connectivity index is 1.74. The van der Waals surface area contributed by atoms with Gasteiger partial charge in [0.05, 0.1) is 16.7 Å². The van der Waals surface area contributed by atoms with Gasteiger partial charge in [-0.1, -0.05) is 24.3 Å². The molecule has 0 fully saturated rings. The van der Waals surface area contributed by atoms with Gasteiger partial charge in [0.25, 0.3) is 0 Å². The van der Waals surface area contributed by atoms with Crippen LogP contribution in [0.25, 0.3) is 21.8 Å². The molecule has 0 aliphatic rings. The van der Waals surface area contributed by atoms with Gasteiger partial charge >= 0.3 is 0 Å². The summed E-state index contributed by atoms with van der Waals surface area (Å²) < 4.78 is 0. The van der Waals surface area contributed by atoms with Gasteiger partial charge in [0, 0.05) is 28.9 Å². The monoisotopic (exact) mass is 330 g/mol. The first-order chi connectivity index (χ1) is 11.8. The second-order valence-corrected chi connectivity index (χ2v) is 5.75. The third-order valence-corrected chi connectivity index (χ3v) is 3.94. The first-order valence-electron chi connectivity index (χ1n) is 7.57. The molecular weight excluding hydrogens is 316 g/mol. The highest BCUT2D eigenvalue weighted by molar-refractivity contribution is 7.80. The van der Waals surface area contributed by atoms with Gasteiger partial charge in [0.15, 0.2) is 5.11 Å². The van der Waals surface area contributed by atoms with Gasteiger partial charge in [-0.3, -0.25) is 9.97 Å². The summed E-state index contributed by atoms with van der Waals surface area (Å²) in [6.45, 7) is 0. The summed E-state index contributed by atoms with van der Waals surface area (Å²) in [6, 6.07) is 19.8. The molecule has 4 nitrogen and oxygen atoms in total. The van der Waals surface area contributed by atoms with Crippen LogP contribution < -0.4 is 10.6 Å². The second-order valence-electron chi connectivity index (χ2n) is 5.34. The standard InChI is InChI=1S/C19H14N4S/c24-19(22-14-7-2-1-3-8-14)23-16-12-13-6-4-10-20-17(13)18-15(16)9-5-11-21-18/h1-12H,(H2,22,23,24). The Hall–Kier alpha value is -3.05. The van der Waals surface area contributed by atoms with Crippen LogP contribution >= 0.6 is 12.2 Å². The molecule has 4 aromatic rings. The number of nitrogens with zero attached hydrogens (tertiary/aromatic N) is 2. The van der Waals surface area contributed by atoms with Crippen LogP contribution in [0, 0.1) is 0 Å². The van der Waals surface area contributed by atoms with Gasteiger partial charge in [-0.15, -0.1) is 0 Å². The van der Waals surface area contributed by atoms with E-state index >= 15 is 0 Å². The largest absolute Gasteiger partial charge is 0.332 e. The van der Waals surface area contributed by atoms with Gasteiger partial charge in [0.1, 0.15) is 0 Å². The molecule has 5 heteroatoms. The lowest BCUT2D eigenvalue weighted by Crippen LogP contribution is -2.19. The molecule has 0 aliphatic carbocycles. The Morgan fingerprint density at radius 2 is 1.54 bits per heavy atom. The van der Waals surface area contributed by atoms with Crippen LogP contribution in [-0.4, -0.2) is 15.1 Å². The van der Waals surface area contributed by atoms with E-state index in [2.05, 4.69) is 20.6 Å². The molecule has 0 saturated carbocycles. The molecule has 2 aromatic heterocycles. The molecule has 0 atom stereocenters. The van der Waals surface area contributed by atoms with Crippen LogP contribution in [0.5, 0.6) is 0 Å². The molecule has 0 unspecified atom stereocenters. The summed E-state index contributed by atoms with van der Waals surface area (Å²) >= 11 is 5.45. The molecule has 24 heavy (non-hydrogen) atoms. The lowest BCUT2D eigenvalue weighted by atomic mass is 10.1. The fraction of sp³-hybridized carbons (Fsp3) is 0. The number of rotatable bonds is 2. The Morgan fingerprint density at radius 3 is 2.38 bits per heavy atom. The van der Waals surface area contributed by atoms with Crippen molar-refractivity contribution in [2.45, 2.75) is 0 Å². The van der Waals surface area contributed by atoms with Crippen molar-refractivity contribution < 1.29 is 0 Å². The van der Waals surface area contributed by atoms with E-state index in [9.17, 15) is 0 Å². The maximum Gasteiger partial charge on any atom is 0.175 e. The predicted molar refractivity (Wildman–Crippen MR) is 103 cm³/mol. The summed E-state index contributed by atoms with van der Waals surface area (Å²) in [5.74, 6) is 0. The van der Waals surface area contributed by atoms with Gasteiger partial charge < -0.3 is 10.6 Å². The van der Waals surface area contributed by atoms with Crippen molar-refractivity contribution in [2.24, 2.45) is 0 Å². The highest BCUT2D eigenvalue weighted by atomic mass is 32.1. The highest BCUT2D eigenvalue weighted by Gasteiger charge is 2.09. The summed E-state index contributed by atoms with van der Waals surface area (Å²) in [6.07, 6.45) is 3.56. The van der Waals surface area contributed by atoms with Crippen molar-refractivity contribution in [3.05, 3.63) is 73.1 Å². The van der Waals surface area contributed by atoms with Crippen LogP contribution in [0.2, 0.25) is 0 Å². The first kappa shape index (κ1) is 14.5. The Kier molecular flexibility index (Phi) is 3.76. The molecule has 0 bridgehead atoms. The molecule has 0 radical (unpaired) electrons. The third-order valence-electron chi connectivity index (χ3n) is 3.74. The van der Waals surface area contributed by atoms with E-state index in [-0.39, 0.29) is 0 Å². The lowest BCUT2D eigenvalue weighted by molar-refractivity contribution is 1.37. The fourth-order valence-electron chi connectivity index (χ4n) is 2.69. The molecule has 2 N–H and O–H groups in total. The molecule has 116 valence electrons. The minimum Gasteiger partial charge on any atom is -0.332 e. The Labute approximate surface area is 144 Å². The van der Waals surface area contributed by atoms with Crippen molar-refractivity contribution in [1.29, 1.82) is 0 Å². The van der Waals surface area contributed by atoms with Crippen molar-refractivity contribution in [2.75, 3.05) is 10.6 Å². The zero-order valence-corrected chi connectivity index (χ0v) is 13.5. The summed E-state index contributed by atoms with van der Waals surface area (Å²) in [5.41, 5.74) is 3.60. The molecule has 0 saturated heterocycles. The van der Waals surface area contributed by atoms with Crippen LogP contribution in [0.1, 0.15) is 0 Å². The highest BCUT2D eigenvalue weighted by Crippen LogP contribution is 2.29. The molecule has 4 rings (SSSR count). The van der Waals surface area contributed by atoms with Gasteiger partial charge in [-0.05, 0) is 48.6 Å². The molecule has 2 aromatic carbocycles. The topological polar surface area (TPSA) is 49.8 Å². The number of thiocarbonyl (C=S) groups is 1. The molecule has 0 amide bonds. The summed E-state index contributed by atoms with van der Waals surface area (Å²) in [5, 5.41) is 9.01. The Bertz CT molecular complexity index is 1030. The number of para-hydroxylation sites is 1. The van der Waals surface area contributed by atoms with Crippen molar-refractivity contribution >= 4 is 50.5 Å². The third kappa shape index (κ3) is 2.77. The van der Waals surface area contributed by atoms with Crippen molar-refractivity contribution in [3.8, 4) is 0 Å².